The Morgan fingerprint density at radius 3 is 2.45 bits per heavy atom. The summed E-state index contributed by atoms with van der Waals surface area (Å²) in [6.45, 7) is 1.54. The van der Waals surface area contributed by atoms with Gasteiger partial charge in [-0.25, -0.2) is 14.5 Å². The third kappa shape index (κ3) is 3.92. The van der Waals surface area contributed by atoms with Gasteiger partial charge in [0, 0.05) is 19.0 Å². The maximum absolute atomic E-state index is 13.1. The molecule has 1 N–H and O–H groups in total. The number of urea groups is 1. The Morgan fingerprint density at radius 1 is 0.935 bits per heavy atom. The molecule has 1 aliphatic rings. The highest BCUT2D eigenvalue weighted by atomic mass is 16.2. The van der Waals surface area contributed by atoms with Crippen LogP contribution in [-0.2, 0) is 13.1 Å². The average molecular weight is 409 g/mol. The van der Waals surface area contributed by atoms with Crippen LogP contribution in [-0.4, -0.2) is 32.2 Å². The van der Waals surface area contributed by atoms with Gasteiger partial charge in [0.25, 0.3) is 0 Å². The number of hydrogen-bond donors (Lipinski definition) is 1. The van der Waals surface area contributed by atoms with E-state index in [0.29, 0.717) is 25.5 Å². The Labute approximate surface area is 181 Å². The van der Waals surface area contributed by atoms with Gasteiger partial charge in [0.1, 0.15) is 6.33 Å². The van der Waals surface area contributed by atoms with Crippen LogP contribution in [0.3, 0.4) is 0 Å². The van der Waals surface area contributed by atoms with E-state index in [2.05, 4.69) is 45.7 Å². The predicted octanol–water partition coefficient (Wildman–Crippen LogP) is 4.12. The third-order valence-electron chi connectivity index (χ3n) is 5.70. The fourth-order valence-corrected chi connectivity index (χ4v) is 4.17. The number of fused-ring (bicyclic) bond motifs is 1. The summed E-state index contributed by atoms with van der Waals surface area (Å²) in [4.78, 5) is 19.3. The van der Waals surface area contributed by atoms with Crippen LogP contribution in [0.2, 0.25) is 0 Å². The van der Waals surface area contributed by atoms with E-state index in [-0.39, 0.29) is 11.9 Å². The van der Waals surface area contributed by atoms with E-state index in [9.17, 15) is 4.79 Å². The fourth-order valence-electron chi connectivity index (χ4n) is 4.17. The lowest BCUT2D eigenvalue weighted by Gasteiger charge is -2.35. The quantitative estimate of drug-likeness (QED) is 0.551. The molecule has 1 aromatic heterocycles. The summed E-state index contributed by atoms with van der Waals surface area (Å²) < 4.78 is 1.75. The molecule has 5 rings (SSSR count). The molecular weight excluding hydrogens is 386 g/mol. The van der Waals surface area contributed by atoms with Crippen LogP contribution in [0.4, 0.5) is 4.79 Å². The average Bonchev–Trinajstić information content (AvgIpc) is 3.31. The number of amides is 2. The lowest BCUT2D eigenvalue weighted by molar-refractivity contribution is 0.188. The molecule has 154 valence electrons. The summed E-state index contributed by atoms with van der Waals surface area (Å²) in [5.74, 6) is 0.849. The maximum Gasteiger partial charge on any atom is 0.318 e. The standard InChI is InChI=1S/C25H23N5O/c31-25(26-15-24-27-18-28-30(24)21-12-5-2-6-13-21)29-16-20-11-7-8-14-22(20)23(17-29)19-9-3-1-4-10-19/h1-14,18,23H,15-17H2,(H,26,31). The van der Waals surface area contributed by atoms with Gasteiger partial charge in [0.15, 0.2) is 5.82 Å². The highest BCUT2D eigenvalue weighted by molar-refractivity contribution is 5.75. The zero-order valence-corrected chi connectivity index (χ0v) is 17.1. The molecule has 0 saturated carbocycles. The molecule has 0 spiro atoms. The van der Waals surface area contributed by atoms with Crippen LogP contribution in [0.25, 0.3) is 5.69 Å². The molecule has 1 aliphatic heterocycles. The normalized spacial score (nSPS) is 15.4. The van der Waals surface area contributed by atoms with E-state index in [1.165, 1.54) is 23.0 Å². The molecule has 2 heterocycles. The number of hydrogen-bond acceptors (Lipinski definition) is 3. The van der Waals surface area contributed by atoms with Gasteiger partial charge in [-0.1, -0.05) is 72.8 Å². The van der Waals surface area contributed by atoms with Crippen molar-refractivity contribution in [2.75, 3.05) is 6.54 Å². The molecule has 2 amide bonds. The first-order chi connectivity index (χ1) is 15.3. The molecule has 6 nitrogen and oxygen atoms in total. The highest BCUT2D eigenvalue weighted by Crippen LogP contribution is 2.33. The second kappa shape index (κ2) is 8.44. The van der Waals surface area contributed by atoms with Crippen LogP contribution < -0.4 is 5.32 Å². The van der Waals surface area contributed by atoms with E-state index in [4.69, 9.17) is 0 Å². The zero-order valence-electron chi connectivity index (χ0n) is 17.1. The van der Waals surface area contributed by atoms with E-state index >= 15 is 0 Å². The van der Waals surface area contributed by atoms with Gasteiger partial charge in [0.2, 0.25) is 0 Å². The number of benzene rings is 3. The zero-order chi connectivity index (χ0) is 21.0. The Hall–Kier alpha value is -3.93. The van der Waals surface area contributed by atoms with Gasteiger partial charge in [-0.15, -0.1) is 0 Å². The van der Waals surface area contributed by atoms with Crippen molar-refractivity contribution in [2.24, 2.45) is 0 Å². The molecule has 1 atom stereocenters. The van der Waals surface area contributed by atoms with Crippen molar-refractivity contribution < 1.29 is 4.79 Å². The molecule has 31 heavy (non-hydrogen) atoms. The number of aromatic nitrogens is 3. The van der Waals surface area contributed by atoms with Crippen LogP contribution >= 0.6 is 0 Å². The van der Waals surface area contributed by atoms with E-state index in [1.54, 1.807) is 4.68 Å². The van der Waals surface area contributed by atoms with Crippen LogP contribution in [0.1, 0.15) is 28.4 Å². The molecular formula is C25H23N5O. The van der Waals surface area contributed by atoms with Gasteiger partial charge in [-0.3, -0.25) is 0 Å². The number of nitrogens with one attached hydrogen (secondary N) is 1. The van der Waals surface area contributed by atoms with Crippen molar-refractivity contribution in [3.63, 3.8) is 0 Å². The summed E-state index contributed by atoms with van der Waals surface area (Å²) in [6.07, 6.45) is 1.51. The Bertz CT molecular complexity index is 1170. The third-order valence-corrected chi connectivity index (χ3v) is 5.70. The molecule has 0 fully saturated rings. The smallest absolute Gasteiger partial charge is 0.318 e. The highest BCUT2D eigenvalue weighted by Gasteiger charge is 2.29. The Morgan fingerprint density at radius 2 is 1.65 bits per heavy atom. The molecule has 6 heteroatoms. The van der Waals surface area contributed by atoms with Crippen molar-refractivity contribution in [1.82, 2.24) is 25.0 Å². The molecule has 0 radical (unpaired) electrons. The summed E-state index contributed by atoms with van der Waals surface area (Å²) in [7, 11) is 0. The van der Waals surface area contributed by atoms with Gasteiger partial charge >= 0.3 is 6.03 Å². The predicted molar refractivity (Wildman–Crippen MR) is 119 cm³/mol. The first-order valence-corrected chi connectivity index (χ1v) is 10.4. The fraction of sp³-hybridized carbons (Fsp3) is 0.160. The monoisotopic (exact) mass is 409 g/mol. The largest absolute Gasteiger partial charge is 0.331 e. The van der Waals surface area contributed by atoms with Crippen LogP contribution in [0, 0.1) is 0 Å². The number of carbonyl (C=O) groups is 1. The van der Waals surface area contributed by atoms with Crippen molar-refractivity contribution in [3.05, 3.63) is 114 Å². The number of nitrogens with zero attached hydrogens (tertiary/aromatic N) is 4. The summed E-state index contributed by atoms with van der Waals surface area (Å²) in [6, 6.07) is 28.5. The minimum atomic E-state index is -0.0990. The van der Waals surface area contributed by atoms with Crippen LogP contribution in [0.15, 0.2) is 91.3 Å². The van der Waals surface area contributed by atoms with Gasteiger partial charge < -0.3 is 10.2 Å². The second-order valence-electron chi connectivity index (χ2n) is 7.62. The van der Waals surface area contributed by atoms with Crippen molar-refractivity contribution in [1.29, 1.82) is 0 Å². The molecule has 0 aliphatic carbocycles. The number of rotatable bonds is 4. The lowest BCUT2D eigenvalue weighted by atomic mass is 9.85. The SMILES string of the molecule is O=C(NCc1ncnn1-c1ccccc1)N1Cc2ccccc2C(c2ccccc2)C1. The van der Waals surface area contributed by atoms with Gasteiger partial charge in [0.05, 0.1) is 12.2 Å². The second-order valence-corrected chi connectivity index (χ2v) is 7.62. The molecule has 4 aromatic rings. The molecule has 3 aromatic carbocycles. The van der Waals surface area contributed by atoms with Crippen molar-refractivity contribution >= 4 is 6.03 Å². The minimum absolute atomic E-state index is 0.0990. The lowest BCUT2D eigenvalue weighted by Crippen LogP contribution is -2.44. The summed E-state index contributed by atoms with van der Waals surface area (Å²) >= 11 is 0. The molecule has 0 bridgehead atoms. The first kappa shape index (κ1) is 19.1. The molecule has 0 saturated heterocycles. The van der Waals surface area contributed by atoms with Crippen LogP contribution in [0.5, 0.6) is 0 Å². The molecule has 1 unspecified atom stereocenters. The van der Waals surface area contributed by atoms with Gasteiger partial charge in [-0.2, -0.15) is 5.10 Å². The summed E-state index contributed by atoms with van der Waals surface area (Å²) in [5.41, 5.74) is 4.61. The maximum atomic E-state index is 13.1. The van der Waals surface area contributed by atoms with E-state index < -0.39 is 0 Å². The van der Waals surface area contributed by atoms with Crippen molar-refractivity contribution in [3.8, 4) is 5.69 Å². The minimum Gasteiger partial charge on any atom is -0.331 e. The topological polar surface area (TPSA) is 63.1 Å². The van der Waals surface area contributed by atoms with Crippen molar-refractivity contribution in [2.45, 2.75) is 19.0 Å². The first-order valence-electron chi connectivity index (χ1n) is 10.4. The summed E-state index contributed by atoms with van der Waals surface area (Å²) in [5, 5.41) is 7.33. The van der Waals surface area contributed by atoms with Gasteiger partial charge in [-0.05, 0) is 28.8 Å². The van der Waals surface area contributed by atoms with E-state index in [0.717, 1.165) is 5.69 Å². The number of para-hydroxylation sites is 1. The van der Waals surface area contributed by atoms with E-state index in [1.807, 2.05) is 59.5 Å². The Balaban J connectivity index is 1.33. The number of carbonyl (C=O) groups excluding carboxylic acids is 1. The Kier molecular flexibility index (Phi) is 5.19.